The Morgan fingerprint density at radius 3 is 2.30 bits per heavy atom. The molecule has 1 amide bonds. The van der Waals surface area contributed by atoms with Gasteiger partial charge in [0.05, 0.1) is 6.07 Å². The first-order valence-electron chi connectivity index (χ1n) is 6.61. The summed E-state index contributed by atoms with van der Waals surface area (Å²) < 4.78 is 0. The maximum Gasteiger partial charge on any atom is 0.247 e. The van der Waals surface area contributed by atoms with Gasteiger partial charge in [0.1, 0.15) is 0 Å². The fraction of sp³-hybridized carbons (Fsp3) is 0.400. The Labute approximate surface area is 122 Å². The Hall–Kier alpha value is -1.86. The summed E-state index contributed by atoms with van der Waals surface area (Å²) in [6.45, 7) is 1.26. The topological polar surface area (TPSA) is 61.2 Å². The van der Waals surface area contributed by atoms with Crippen LogP contribution in [0.5, 0.6) is 0 Å². The summed E-state index contributed by atoms with van der Waals surface area (Å²) >= 11 is 5.76. The molecule has 1 heterocycles. The van der Waals surface area contributed by atoms with E-state index in [2.05, 4.69) is 0 Å². The highest BCUT2D eigenvalue weighted by molar-refractivity contribution is 6.30. The number of hydrogen-bond acceptors (Lipinski definition) is 3. The highest BCUT2D eigenvalue weighted by Gasteiger charge is 2.31. The van der Waals surface area contributed by atoms with Crippen LogP contribution < -0.4 is 0 Å². The lowest BCUT2D eigenvalue weighted by Crippen LogP contribution is -2.41. The maximum atomic E-state index is 12.3. The molecule has 0 N–H and O–H groups in total. The van der Waals surface area contributed by atoms with Crippen molar-refractivity contribution in [2.45, 2.75) is 19.3 Å². The standard InChI is InChI=1S/C15H15ClN2O2/c16-12-6-4-11(5-7-12)14(19)13(10-17)15(20)18-8-2-1-3-9-18/h4-7,13H,1-3,8-9H2/t13-/m1/s1. The Balaban J connectivity index is 2.15. The van der Waals surface area contributed by atoms with Gasteiger partial charge in [-0.05, 0) is 43.5 Å². The van der Waals surface area contributed by atoms with Crippen molar-refractivity contribution in [3.05, 3.63) is 34.9 Å². The van der Waals surface area contributed by atoms with Gasteiger partial charge in [-0.2, -0.15) is 5.26 Å². The van der Waals surface area contributed by atoms with E-state index in [1.54, 1.807) is 29.2 Å². The summed E-state index contributed by atoms with van der Waals surface area (Å²) in [4.78, 5) is 26.1. The van der Waals surface area contributed by atoms with Gasteiger partial charge in [0.25, 0.3) is 0 Å². The molecule has 2 rings (SSSR count). The van der Waals surface area contributed by atoms with Crippen LogP contribution >= 0.6 is 11.6 Å². The molecule has 104 valence electrons. The number of piperidine rings is 1. The van der Waals surface area contributed by atoms with E-state index in [0.29, 0.717) is 23.7 Å². The molecule has 1 saturated heterocycles. The van der Waals surface area contributed by atoms with Crippen LogP contribution in [0.3, 0.4) is 0 Å². The van der Waals surface area contributed by atoms with Crippen molar-refractivity contribution in [2.24, 2.45) is 5.92 Å². The third kappa shape index (κ3) is 3.17. The van der Waals surface area contributed by atoms with Crippen LogP contribution in [0.1, 0.15) is 29.6 Å². The highest BCUT2D eigenvalue weighted by atomic mass is 35.5. The van der Waals surface area contributed by atoms with Crippen molar-refractivity contribution < 1.29 is 9.59 Å². The second-order valence-electron chi connectivity index (χ2n) is 4.82. The lowest BCUT2D eigenvalue weighted by atomic mass is 9.96. The molecule has 0 aromatic heterocycles. The van der Waals surface area contributed by atoms with Crippen LogP contribution in [0.4, 0.5) is 0 Å². The largest absolute Gasteiger partial charge is 0.341 e. The van der Waals surface area contributed by atoms with Crippen LogP contribution in [0, 0.1) is 17.2 Å². The fourth-order valence-electron chi connectivity index (χ4n) is 2.30. The predicted molar refractivity (Wildman–Crippen MR) is 75.3 cm³/mol. The van der Waals surface area contributed by atoms with Crippen molar-refractivity contribution in [2.75, 3.05) is 13.1 Å². The lowest BCUT2D eigenvalue weighted by Gasteiger charge is -2.28. The number of halogens is 1. The Kier molecular flexibility index (Phi) is 4.75. The molecule has 0 bridgehead atoms. The summed E-state index contributed by atoms with van der Waals surface area (Å²) in [6, 6.07) is 8.07. The second-order valence-corrected chi connectivity index (χ2v) is 5.26. The van der Waals surface area contributed by atoms with Crippen LogP contribution in [0.2, 0.25) is 5.02 Å². The van der Waals surface area contributed by atoms with Gasteiger partial charge in [-0.25, -0.2) is 0 Å². The molecule has 20 heavy (non-hydrogen) atoms. The van der Waals surface area contributed by atoms with E-state index in [1.165, 1.54) is 0 Å². The minimum absolute atomic E-state index is 0.339. The van der Waals surface area contributed by atoms with E-state index >= 15 is 0 Å². The van der Waals surface area contributed by atoms with Gasteiger partial charge in [-0.15, -0.1) is 0 Å². The zero-order valence-corrected chi connectivity index (χ0v) is 11.8. The van der Waals surface area contributed by atoms with Gasteiger partial charge < -0.3 is 4.90 Å². The number of likely N-dealkylation sites (tertiary alicyclic amines) is 1. The molecule has 1 aromatic carbocycles. The Bertz CT molecular complexity index is 542. The molecule has 1 atom stereocenters. The molecule has 0 radical (unpaired) electrons. The fourth-order valence-corrected chi connectivity index (χ4v) is 2.43. The number of ketones is 1. The number of nitriles is 1. The third-order valence-electron chi connectivity index (χ3n) is 3.43. The quantitative estimate of drug-likeness (QED) is 0.635. The first-order chi connectivity index (χ1) is 9.63. The number of Topliss-reactive ketones (excluding diaryl/α,β-unsaturated/α-hetero) is 1. The average molecular weight is 291 g/mol. The minimum Gasteiger partial charge on any atom is -0.341 e. The van der Waals surface area contributed by atoms with Crippen molar-refractivity contribution in [1.82, 2.24) is 4.90 Å². The van der Waals surface area contributed by atoms with Gasteiger partial charge in [0, 0.05) is 23.7 Å². The van der Waals surface area contributed by atoms with Crippen molar-refractivity contribution in [1.29, 1.82) is 5.26 Å². The maximum absolute atomic E-state index is 12.3. The normalized spacial score (nSPS) is 16.3. The minimum atomic E-state index is -1.26. The first-order valence-corrected chi connectivity index (χ1v) is 6.99. The highest BCUT2D eigenvalue weighted by Crippen LogP contribution is 2.17. The zero-order chi connectivity index (χ0) is 14.5. The summed E-state index contributed by atoms with van der Waals surface area (Å²) in [5.74, 6) is -2.10. The van der Waals surface area contributed by atoms with Crippen LogP contribution in [0.15, 0.2) is 24.3 Å². The van der Waals surface area contributed by atoms with Crippen LogP contribution in [0.25, 0.3) is 0 Å². The molecule has 4 nitrogen and oxygen atoms in total. The first kappa shape index (κ1) is 14.5. The Morgan fingerprint density at radius 1 is 1.15 bits per heavy atom. The molecule has 0 spiro atoms. The van der Waals surface area contributed by atoms with E-state index in [1.807, 2.05) is 6.07 Å². The van der Waals surface area contributed by atoms with E-state index in [0.717, 1.165) is 19.3 Å². The average Bonchev–Trinajstić information content (AvgIpc) is 2.49. The Morgan fingerprint density at radius 2 is 1.75 bits per heavy atom. The number of nitrogens with zero attached hydrogens (tertiary/aromatic N) is 2. The van der Waals surface area contributed by atoms with E-state index < -0.39 is 11.7 Å². The number of carbonyl (C=O) groups excluding carboxylic acids is 2. The second kappa shape index (κ2) is 6.53. The summed E-state index contributed by atoms with van der Waals surface area (Å²) in [5.41, 5.74) is 0.339. The number of benzene rings is 1. The van der Waals surface area contributed by atoms with Crippen molar-refractivity contribution in [3.8, 4) is 6.07 Å². The predicted octanol–water partition coefficient (Wildman–Crippen LogP) is 2.67. The van der Waals surface area contributed by atoms with Gasteiger partial charge >= 0.3 is 0 Å². The summed E-state index contributed by atoms with van der Waals surface area (Å²) in [6.07, 6.45) is 2.95. The molecule has 1 aromatic rings. The molecule has 0 saturated carbocycles. The summed E-state index contributed by atoms with van der Waals surface area (Å²) in [7, 11) is 0. The molecule has 0 unspecified atom stereocenters. The summed E-state index contributed by atoms with van der Waals surface area (Å²) in [5, 5.41) is 9.68. The number of rotatable bonds is 3. The monoisotopic (exact) mass is 290 g/mol. The molecular weight excluding hydrogens is 276 g/mol. The van der Waals surface area contributed by atoms with Crippen LogP contribution in [-0.2, 0) is 4.79 Å². The van der Waals surface area contributed by atoms with Gasteiger partial charge in [0.2, 0.25) is 5.91 Å². The smallest absolute Gasteiger partial charge is 0.247 e. The van der Waals surface area contributed by atoms with Gasteiger partial charge in [-0.1, -0.05) is 11.6 Å². The molecule has 5 heteroatoms. The lowest BCUT2D eigenvalue weighted by molar-refractivity contribution is -0.133. The molecule has 0 aliphatic carbocycles. The molecule has 1 fully saturated rings. The number of amides is 1. The number of carbonyl (C=O) groups is 2. The van der Waals surface area contributed by atoms with Crippen molar-refractivity contribution >= 4 is 23.3 Å². The van der Waals surface area contributed by atoms with E-state index in [-0.39, 0.29) is 5.91 Å². The van der Waals surface area contributed by atoms with E-state index in [4.69, 9.17) is 16.9 Å². The third-order valence-corrected chi connectivity index (χ3v) is 3.69. The SMILES string of the molecule is N#C[C@H](C(=O)c1ccc(Cl)cc1)C(=O)N1CCCCC1. The molecule has 1 aliphatic heterocycles. The molecular formula is C15H15ClN2O2. The van der Waals surface area contributed by atoms with Crippen molar-refractivity contribution in [3.63, 3.8) is 0 Å². The van der Waals surface area contributed by atoms with E-state index in [9.17, 15) is 9.59 Å². The molecule has 1 aliphatic rings. The van der Waals surface area contributed by atoms with Crippen LogP contribution in [-0.4, -0.2) is 29.7 Å². The zero-order valence-electron chi connectivity index (χ0n) is 11.0. The van der Waals surface area contributed by atoms with Gasteiger partial charge in [-0.3, -0.25) is 9.59 Å². The number of hydrogen-bond donors (Lipinski definition) is 0. The van der Waals surface area contributed by atoms with Gasteiger partial charge in [0.15, 0.2) is 11.7 Å².